The number of benzene rings is 1. The summed E-state index contributed by atoms with van der Waals surface area (Å²) in [5.41, 5.74) is 0.831. The number of halogens is 1. The normalized spacial score (nSPS) is 15.7. The number of hydrogen-bond donors (Lipinski definition) is 1. The summed E-state index contributed by atoms with van der Waals surface area (Å²) in [4.78, 5) is 13.4. The second-order valence-electron chi connectivity index (χ2n) is 3.88. The largest absolute Gasteiger partial charge is 0.444 e. The van der Waals surface area contributed by atoms with Gasteiger partial charge in [-0.05, 0) is 6.07 Å². The first-order valence-corrected chi connectivity index (χ1v) is 6.01. The summed E-state index contributed by atoms with van der Waals surface area (Å²) >= 11 is 5.98. The molecule has 1 aromatic carbocycles. The lowest BCUT2D eigenvalue weighted by Crippen LogP contribution is -2.46. The third kappa shape index (κ3) is 3.35. The number of piperazine rings is 1. The molecule has 1 fully saturated rings. The fraction of sp³-hybridized carbons (Fsp3) is 0.417. The van der Waals surface area contributed by atoms with Gasteiger partial charge in [-0.1, -0.05) is 29.8 Å². The minimum absolute atomic E-state index is 0.225. The summed E-state index contributed by atoms with van der Waals surface area (Å²) in [6, 6.07) is 7.37. The van der Waals surface area contributed by atoms with Gasteiger partial charge in [-0.15, -0.1) is 0 Å². The van der Waals surface area contributed by atoms with Crippen molar-refractivity contribution in [3.63, 3.8) is 0 Å². The Labute approximate surface area is 106 Å². The number of rotatable bonds is 2. The molecule has 1 saturated heterocycles. The van der Waals surface area contributed by atoms with Crippen LogP contribution in [0.25, 0.3) is 0 Å². The van der Waals surface area contributed by atoms with E-state index in [1.165, 1.54) is 0 Å². The van der Waals surface area contributed by atoms with Gasteiger partial charge in [0.15, 0.2) is 0 Å². The van der Waals surface area contributed by atoms with Gasteiger partial charge < -0.3 is 15.0 Å². The summed E-state index contributed by atoms with van der Waals surface area (Å²) in [6.07, 6.45) is -0.272. The van der Waals surface area contributed by atoms with E-state index in [4.69, 9.17) is 16.3 Å². The van der Waals surface area contributed by atoms with Gasteiger partial charge in [0.2, 0.25) is 0 Å². The number of carbonyl (C=O) groups is 1. The molecular weight excluding hydrogens is 240 g/mol. The van der Waals surface area contributed by atoms with Crippen LogP contribution in [0.4, 0.5) is 4.79 Å². The lowest BCUT2D eigenvalue weighted by atomic mass is 10.2. The zero-order valence-electron chi connectivity index (χ0n) is 9.49. The maximum Gasteiger partial charge on any atom is 0.410 e. The molecule has 17 heavy (non-hydrogen) atoms. The standard InChI is InChI=1S/C12H15ClN2O2/c13-11-4-2-1-3-10(11)9-17-12(16)15-7-5-14-6-8-15/h1-4,14H,5-9H2. The van der Waals surface area contributed by atoms with Gasteiger partial charge in [0, 0.05) is 36.8 Å². The van der Waals surface area contributed by atoms with Crippen LogP contribution in [0.15, 0.2) is 24.3 Å². The smallest absolute Gasteiger partial charge is 0.410 e. The first kappa shape index (κ1) is 12.2. The average molecular weight is 255 g/mol. The minimum Gasteiger partial charge on any atom is -0.444 e. The molecule has 0 aromatic heterocycles. The summed E-state index contributed by atoms with van der Waals surface area (Å²) in [7, 11) is 0. The van der Waals surface area contributed by atoms with E-state index in [1.807, 2.05) is 18.2 Å². The third-order valence-electron chi connectivity index (χ3n) is 2.68. The zero-order valence-corrected chi connectivity index (χ0v) is 10.2. The molecule has 1 aliphatic rings. The highest BCUT2D eigenvalue weighted by Crippen LogP contribution is 2.16. The highest BCUT2D eigenvalue weighted by molar-refractivity contribution is 6.31. The van der Waals surface area contributed by atoms with Crippen molar-refractivity contribution in [2.24, 2.45) is 0 Å². The Morgan fingerprint density at radius 2 is 2.06 bits per heavy atom. The number of amides is 1. The van der Waals surface area contributed by atoms with Crippen LogP contribution in [0.2, 0.25) is 5.02 Å². The van der Waals surface area contributed by atoms with Crippen LogP contribution < -0.4 is 5.32 Å². The highest BCUT2D eigenvalue weighted by atomic mass is 35.5. The second-order valence-corrected chi connectivity index (χ2v) is 4.29. The van der Waals surface area contributed by atoms with Crippen LogP contribution in [0, 0.1) is 0 Å². The summed E-state index contributed by atoms with van der Waals surface area (Å²) in [6.45, 7) is 3.26. The topological polar surface area (TPSA) is 41.6 Å². The van der Waals surface area contributed by atoms with Gasteiger partial charge in [0.1, 0.15) is 6.61 Å². The Morgan fingerprint density at radius 3 is 2.76 bits per heavy atom. The second kappa shape index (κ2) is 5.89. The van der Waals surface area contributed by atoms with E-state index < -0.39 is 0 Å². The van der Waals surface area contributed by atoms with E-state index in [-0.39, 0.29) is 12.7 Å². The highest BCUT2D eigenvalue weighted by Gasteiger charge is 2.17. The average Bonchev–Trinajstić information content (AvgIpc) is 2.38. The maximum absolute atomic E-state index is 11.7. The van der Waals surface area contributed by atoms with Crippen molar-refractivity contribution in [3.8, 4) is 0 Å². The Bertz CT molecular complexity index is 392. The molecule has 1 aliphatic heterocycles. The fourth-order valence-electron chi connectivity index (χ4n) is 1.69. The summed E-state index contributed by atoms with van der Waals surface area (Å²) in [5, 5.41) is 3.81. The molecule has 2 rings (SSSR count). The Balaban J connectivity index is 1.85. The Morgan fingerprint density at radius 1 is 1.35 bits per heavy atom. The number of carbonyl (C=O) groups excluding carboxylic acids is 1. The van der Waals surface area contributed by atoms with Crippen LogP contribution in [-0.2, 0) is 11.3 Å². The molecule has 0 aliphatic carbocycles. The number of hydrogen-bond acceptors (Lipinski definition) is 3. The quantitative estimate of drug-likeness (QED) is 0.876. The minimum atomic E-state index is -0.272. The van der Waals surface area contributed by atoms with Crippen LogP contribution >= 0.6 is 11.6 Å². The van der Waals surface area contributed by atoms with Gasteiger partial charge in [-0.25, -0.2) is 4.79 Å². The van der Waals surface area contributed by atoms with E-state index in [0.717, 1.165) is 18.7 Å². The molecule has 5 heteroatoms. The molecule has 0 radical (unpaired) electrons. The fourth-order valence-corrected chi connectivity index (χ4v) is 1.88. The van der Waals surface area contributed by atoms with Crippen LogP contribution in [-0.4, -0.2) is 37.2 Å². The predicted molar refractivity (Wildman–Crippen MR) is 66.1 cm³/mol. The Kier molecular flexibility index (Phi) is 4.23. The summed E-state index contributed by atoms with van der Waals surface area (Å²) < 4.78 is 5.22. The molecule has 0 saturated carbocycles. The monoisotopic (exact) mass is 254 g/mol. The van der Waals surface area contributed by atoms with Crippen molar-refractivity contribution in [1.82, 2.24) is 10.2 Å². The first-order valence-electron chi connectivity index (χ1n) is 5.63. The van der Waals surface area contributed by atoms with Crippen LogP contribution in [0.1, 0.15) is 5.56 Å². The van der Waals surface area contributed by atoms with E-state index in [1.54, 1.807) is 11.0 Å². The molecule has 4 nitrogen and oxygen atoms in total. The van der Waals surface area contributed by atoms with Crippen molar-refractivity contribution >= 4 is 17.7 Å². The molecule has 0 spiro atoms. The van der Waals surface area contributed by atoms with Gasteiger partial charge in [0.25, 0.3) is 0 Å². The van der Waals surface area contributed by atoms with Crippen molar-refractivity contribution in [1.29, 1.82) is 0 Å². The van der Waals surface area contributed by atoms with Crippen molar-refractivity contribution in [3.05, 3.63) is 34.9 Å². The van der Waals surface area contributed by atoms with Crippen molar-refractivity contribution in [2.75, 3.05) is 26.2 Å². The van der Waals surface area contributed by atoms with E-state index in [9.17, 15) is 4.79 Å². The zero-order chi connectivity index (χ0) is 12.1. The third-order valence-corrected chi connectivity index (χ3v) is 3.05. The van der Waals surface area contributed by atoms with E-state index in [2.05, 4.69) is 5.32 Å². The molecule has 1 N–H and O–H groups in total. The van der Waals surface area contributed by atoms with Crippen LogP contribution in [0.5, 0.6) is 0 Å². The van der Waals surface area contributed by atoms with Crippen molar-refractivity contribution < 1.29 is 9.53 Å². The molecule has 1 aromatic rings. The predicted octanol–water partition coefficient (Wildman–Crippen LogP) is 1.88. The SMILES string of the molecule is O=C(OCc1ccccc1Cl)N1CCNCC1. The molecule has 1 heterocycles. The number of ether oxygens (including phenoxy) is 1. The van der Waals surface area contributed by atoms with Gasteiger partial charge in [0.05, 0.1) is 0 Å². The van der Waals surface area contributed by atoms with Crippen LogP contribution in [0.3, 0.4) is 0 Å². The number of nitrogens with zero attached hydrogens (tertiary/aromatic N) is 1. The van der Waals surface area contributed by atoms with Crippen molar-refractivity contribution in [2.45, 2.75) is 6.61 Å². The van der Waals surface area contributed by atoms with Gasteiger partial charge in [-0.3, -0.25) is 0 Å². The molecule has 0 atom stereocenters. The van der Waals surface area contributed by atoms with Gasteiger partial charge >= 0.3 is 6.09 Å². The summed E-state index contributed by atoms with van der Waals surface area (Å²) in [5.74, 6) is 0. The van der Waals surface area contributed by atoms with E-state index >= 15 is 0 Å². The van der Waals surface area contributed by atoms with Gasteiger partial charge in [-0.2, -0.15) is 0 Å². The molecule has 1 amide bonds. The molecule has 92 valence electrons. The lowest BCUT2D eigenvalue weighted by molar-refractivity contribution is 0.0919. The molecular formula is C12H15ClN2O2. The lowest BCUT2D eigenvalue weighted by Gasteiger charge is -2.26. The maximum atomic E-state index is 11.7. The first-order chi connectivity index (χ1) is 8.27. The molecule has 0 bridgehead atoms. The Hall–Kier alpha value is -1.26. The number of nitrogens with one attached hydrogen (secondary N) is 1. The molecule has 0 unspecified atom stereocenters. The van der Waals surface area contributed by atoms with E-state index in [0.29, 0.717) is 18.1 Å².